The van der Waals surface area contributed by atoms with E-state index in [4.69, 9.17) is 15.2 Å². The summed E-state index contributed by atoms with van der Waals surface area (Å²) in [4.78, 5) is 15.1. The normalized spacial score (nSPS) is 20.2. The van der Waals surface area contributed by atoms with Crippen LogP contribution in [0.5, 0.6) is 0 Å². The van der Waals surface area contributed by atoms with Gasteiger partial charge in [0.25, 0.3) is 0 Å². The van der Waals surface area contributed by atoms with Crippen molar-refractivity contribution in [1.82, 2.24) is 4.90 Å². The van der Waals surface area contributed by atoms with Crippen LogP contribution in [0.15, 0.2) is 47.1 Å². The highest BCUT2D eigenvalue weighted by molar-refractivity contribution is 5.92. The summed E-state index contributed by atoms with van der Waals surface area (Å²) in [5, 5.41) is 9.74. The minimum Gasteiger partial charge on any atom is -0.463 e. The van der Waals surface area contributed by atoms with Crippen LogP contribution in [0.3, 0.4) is 0 Å². The van der Waals surface area contributed by atoms with E-state index in [1.165, 1.54) is 32.1 Å². The lowest BCUT2D eigenvalue weighted by Gasteiger charge is -2.31. The van der Waals surface area contributed by atoms with Crippen molar-refractivity contribution >= 4 is 5.97 Å². The quantitative estimate of drug-likeness (QED) is 0.712. The van der Waals surface area contributed by atoms with Crippen molar-refractivity contribution in [1.29, 1.82) is 5.26 Å². The maximum absolute atomic E-state index is 12.7. The molecule has 1 saturated carbocycles. The fourth-order valence-corrected chi connectivity index (χ4v) is 4.50. The number of ether oxygens (including phenoxy) is 2. The Morgan fingerprint density at radius 2 is 2.07 bits per heavy atom. The summed E-state index contributed by atoms with van der Waals surface area (Å²) in [6, 6.07) is 10.8. The average Bonchev–Trinajstić information content (AvgIpc) is 2.74. The Labute approximate surface area is 178 Å². The van der Waals surface area contributed by atoms with E-state index in [9.17, 15) is 10.1 Å². The van der Waals surface area contributed by atoms with Crippen molar-refractivity contribution in [2.75, 3.05) is 13.7 Å². The highest BCUT2D eigenvalue weighted by atomic mass is 16.5. The van der Waals surface area contributed by atoms with Gasteiger partial charge < -0.3 is 15.2 Å². The first-order valence-electron chi connectivity index (χ1n) is 10.7. The first kappa shape index (κ1) is 21.9. The SMILES string of the molecule is CCOC(=O)C1=C(C)OC(N)=C(C#N)C1c1cccc(CN(C)C2CCCCC2)c1. The number of esters is 1. The Morgan fingerprint density at radius 1 is 1.33 bits per heavy atom. The van der Waals surface area contributed by atoms with Gasteiger partial charge in [-0.1, -0.05) is 43.5 Å². The van der Waals surface area contributed by atoms with E-state index >= 15 is 0 Å². The Hall–Kier alpha value is -2.78. The fraction of sp³-hybridized carbons (Fsp3) is 0.500. The van der Waals surface area contributed by atoms with E-state index in [1.54, 1.807) is 13.8 Å². The highest BCUT2D eigenvalue weighted by Crippen LogP contribution is 2.39. The van der Waals surface area contributed by atoms with Crippen LogP contribution in [0, 0.1) is 11.3 Å². The molecule has 3 rings (SSSR count). The molecule has 1 fully saturated rings. The van der Waals surface area contributed by atoms with E-state index in [-0.39, 0.29) is 18.1 Å². The van der Waals surface area contributed by atoms with Crippen LogP contribution in [-0.2, 0) is 20.8 Å². The summed E-state index contributed by atoms with van der Waals surface area (Å²) in [6.45, 7) is 4.50. The molecule has 1 unspecified atom stereocenters. The number of carbonyl (C=O) groups is 1. The molecule has 6 heteroatoms. The monoisotopic (exact) mass is 409 g/mol. The van der Waals surface area contributed by atoms with Crippen LogP contribution in [-0.4, -0.2) is 30.6 Å². The molecule has 1 aromatic rings. The smallest absolute Gasteiger partial charge is 0.338 e. The van der Waals surface area contributed by atoms with Crippen LogP contribution in [0.2, 0.25) is 0 Å². The maximum atomic E-state index is 12.7. The molecule has 0 amide bonds. The summed E-state index contributed by atoms with van der Waals surface area (Å²) >= 11 is 0. The number of hydrogen-bond donors (Lipinski definition) is 1. The zero-order valence-corrected chi connectivity index (χ0v) is 18.1. The Morgan fingerprint density at radius 3 is 2.73 bits per heavy atom. The molecule has 6 nitrogen and oxygen atoms in total. The van der Waals surface area contributed by atoms with Crippen molar-refractivity contribution in [3.63, 3.8) is 0 Å². The molecule has 160 valence electrons. The number of rotatable bonds is 6. The molecule has 1 aliphatic carbocycles. The highest BCUT2D eigenvalue weighted by Gasteiger charge is 2.36. The summed E-state index contributed by atoms with van der Waals surface area (Å²) in [5.41, 5.74) is 8.56. The standard InChI is InChI=1S/C24H31N3O3/c1-4-29-24(28)21-16(2)30-23(26)20(14-25)22(21)18-10-8-9-17(13-18)15-27(3)19-11-6-5-7-12-19/h8-10,13,19,22H,4-7,11-12,15,26H2,1-3H3. The number of benzene rings is 1. The van der Waals surface area contributed by atoms with Crippen molar-refractivity contribution in [3.8, 4) is 6.07 Å². The van der Waals surface area contributed by atoms with Gasteiger partial charge in [-0.3, -0.25) is 4.90 Å². The molecule has 2 N–H and O–H groups in total. The van der Waals surface area contributed by atoms with E-state index in [2.05, 4.69) is 30.1 Å². The van der Waals surface area contributed by atoms with Gasteiger partial charge >= 0.3 is 5.97 Å². The first-order valence-corrected chi connectivity index (χ1v) is 10.7. The molecule has 0 radical (unpaired) electrons. The number of nitriles is 1. The van der Waals surface area contributed by atoms with Crippen molar-refractivity contribution in [3.05, 3.63) is 58.2 Å². The van der Waals surface area contributed by atoms with E-state index in [0.717, 1.165) is 17.7 Å². The number of allylic oxidation sites excluding steroid dienone is 2. The number of carbonyl (C=O) groups excluding carboxylic acids is 1. The lowest BCUT2D eigenvalue weighted by Crippen LogP contribution is -2.32. The van der Waals surface area contributed by atoms with Crippen LogP contribution in [0.4, 0.5) is 0 Å². The van der Waals surface area contributed by atoms with E-state index in [0.29, 0.717) is 17.4 Å². The molecule has 30 heavy (non-hydrogen) atoms. The van der Waals surface area contributed by atoms with Crippen molar-refractivity contribution in [2.45, 2.75) is 64.5 Å². The molecule has 1 aromatic carbocycles. The van der Waals surface area contributed by atoms with Crippen LogP contribution in [0.25, 0.3) is 0 Å². The minimum absolute atomic E-state index is 0.0396. The van der Waals surface area contributed by atoms with Gasteiger partial charge in [0, 0.05) is 12.6 Å². The van der Waals surface area contributed by atoms with Crippen LogP contribution >= 0.6 is 0 Å². The lowest BCUT2D eigenvalue weighted by molar-refractivity contribution is -0.139. The predicted octanol–water partition coefficient (Wildman–Crippen LogP) is 4.10. The van der Waals surface area contributed by atoms with E-state index in [1.807, 2.05) is 12.1 Å². The lowest BCUT2D eigenvalue weighted by atomic mass is 9.82. The molecule has 1 heterocycles. The molecule has 0 aromatic heterocycles. The van der Waals surface area contributed by atoms with Gasteiger partial charge in [-0.25, -0.2) is 4.79 Å². The Kier molecular flexibility index (Phi) is 7.17. The van der Waals surface area contributed by atoms with E-state index < -0.39 is 11.9 Å². The minimum atomic E-state index is -0.595. The van der Waals surface area contributed by atoms with Gasteiger partial charge in [0.15, 0.2) is 0 Å². The second-order valence-corrected chi connectivity index (χ2v) is 8.07. The molecule has 1 aliphatic heterocycles. The number of nitrogens with zero attached hydrogens (tertiary/aromatic N) is 2. The van der Waals surface area contributed by atoms with Gasteiger partial charge in [0.2, 0.25) is 5.88 Å². The second kappa shape index (κ2) is 9.82. The molecule has 0 saturated heterocycles. The summed E-state index contributed by atoms with van der Waals surface area (Å²) in [7, 11) is 2.17. The second-order valence-electron chi connectivity index (χ2n) is 8.07. The molecular formula is C24H31N3O3. The average molecular weight is 410 g/mol. The third kappa shape index (κ3) is 4.68. The topological polar surface area (TPSA) is 88.6 Å². The van der Waals surface area contributed by atoms with Crippen molar-refractivity contribution in [2.24, 2.45) is 5.73 Å². The van der Waals surface area contributed by atoms with Gasteiger partial charge in [0.05, 0.1) is 18.1 Å². The molecule has 0 bridgehead atoms. The molecule has 1 atom stereocenters. The Balaban J connectivity index is 1.93. The fourth-order valence-electron chi connectivity index (χ4n) is 4.50. The zero-order chi connectivity index (χ0) is 21.7. The predicted molar refractivity (Wildman–Crippen MR) is 115 cm³/mol. The molecule has 2 aliphatic rings. The zero-order valence-electron chi connectivity index (χ0n) is 18.1. The van der Waals surface area contributed by atoms with Gasteiger partial charge in [-0.05, 0) is 44.9 Å². The summed E-state index contributed by atoms with van der Waals surface area (Å²) in [5.74, 6) is -0.662. The third-order valence-electron chi connectivity index (χ3n) is 6.02. The van der Waals surface area contributed by atoms with Crippen LogP contribution < -0.4 is 5.73 Å². The molecule has 0 spiro atoms. The van der Waals surface area contributed by atoms with Crippen LogP contribution in [0.1, 0.15) is 63.0 Å². The van der Waals surface area contributed by atoms with Gasteiger partial charge in [-0.15, -0.1) is 0 Å². The Bertz CT molecular complexity index is 891. The summed E-state index contributed by atoms with van der Waals surface area (Å²) < 4.78 is 10.7. The van der Waals surface area contributed by atoms with Gasteiger partial charge in [0.1, 0.15) is 17.4 Å². The largest absolute Gasteiger partial charge is 0.463 e. The third-order valence-corrected chi connectivity index (χ3v) is 6.02. The summed E-state index contributed by atoms with van der Waals surface area (Å²) in [6.07, 6.45) is 6.39. The van der Waals surface area contributed by atoms with Gasteiger partial charge in [-0.2, -0.15) is 5.26 Å². The maximum Gasteiger partial charge on any atom is 0.338 e. The first-order chi connectivity index (χ1) is 14.5. The van der Waals surface area contributed by atoms with Crippen molar-refractivity contribution < 1.29 is 14.3 Å². The number of nitrogens with two attached hydrogens (primary N) is 1. The number of hydrogen-bond acceptors (Lipinski definition) is 6. The molecular weight excluding hydrogens is 378 g/mol.